The molecule has 1 aromatic rings. The van der Waals surface area contributed by atoms with Gasteiger partial charge in [-0.15, -0.1) is 0 Å². The molecule has 1 atom stereocenters. The SMILES string of the molecule is CCC1CCCCN1c1nc(C)ns1. The molecule has 1 unspecified atom stereocenters. The highest BCUT2D eigenvalue weighted by Crippen LogP contribution is 2.27. The standard InChI is InChI=1S/C10H17N3S/c1-3-9-6-4-5-7-13(9)10-11-8(2)12-14-10/h9H,3-7H2,1-2H3. The minimum Gasteiger partial charge on any atom is -0.344 e. The lowest BCUT2D eigenvalue weighted by atomic mass is 10.0. The fraction of sp³-hybridized carbons (Fsp3) is 0.800. The first kappa shape index (κ1) is 9.90. The van der Waals surface area contributed by atoms with Crippen LogP contribution in [0.25, 0.3) is 0 Å². The third kappa shape index (κ3) is 1.90. The largest absolute Gasteiger partial charge is 0.344 e. The lowest BCUT2D eigenvalue weighted by Crippen LogP contribution is -2.39. The predicted octanol–water partition coefficient (Wildman–Crippen LogP) is 2.62. The van der Waals surface area contributed by atoms with E-state index in [0.29, 0.717) is 6.04 Å². The molecule has 0 aliphatic carbocycles. The van der Waals surface area contributed by atoms with Crippen LogP contribution >= 0.6 is 11.5 Å². The van der Waals surface area contributed by atoms with Gasteiger partial charge in [-0.25, -0.2) is 4.98 Å². The normalized spacial score (nSPS) is 22.7. The van der Waals surface area contributed by atoms with E-state index in [4.69, 9.17) is 0 Å². The first-order chi connectivity index (χ1) is 6.81. The molecule has 2 rings (SSSR count). The number of aromatic nitrogens is 2. The number of nitrogens with zero attached hydrogens (tertiary/aromatic N) is 3. The summed E-state index contributed by atoms with van der Waals surface area (Å²) in [6, 6.07) is 0.691. The smallest absolute Gasteiger partial charge is 0.205 e. The topological polar surface area (TPSA) is 29.0 Å². The maximum Gasteiger partial charge on any atom is 0.205 e. The lowest BCUT2D eigenvalue weighted by Gasteiger charge is -2.34. The second kappa shape index (κ2) is 4.26. The minimum absolute atomic E-state index is 0.691. The quantitative estimate of drug-likeness (QED) is 0.753. The zero-order chi connectivity index (χ0) is 9.97. The fourth-order valence-electron chi connectivity index (χ4n) is 2.08. The predicted molar refractivity (Wildman–Crippen MR) is 59.9 cm³/mol. The molecule has 0 amide bonds. The minimum atomic E-state index is 0.691. The van der Waals surface area contributed by atoms with Crippen LogP contribution in [0.15, 0.2) is 0 Å². The van der Waals surface area contributed by atoms with Gasteiger partial charge >= 0.3 is 0 Å². The highest BCUT2D eigenvalue weighted by molar-refractivity contribution is 7.09. The summed E-state index contributed by atoms with van der Waals surface area (Å²) in [7, 11) is 0. The molecule has 78 valence electrons. The van der Waals surface area contributed by atoms with Crippen molar-refractivity contribution in [2.75, 3.05) is 11.4 Å². The third-order valence-electron chi connectivity index (χ3n) is 2.86. The van der Waals surface area contributed by atoms with Gasteiger partial charge in [-0.1, -0.05) is 6.92 Å². The molecule has 4 heteroatoms. The Morgan fingerprint density at radius 3 is 3.00 bits per heavy atom. The summed E-state index contributed by atoms with van der Waals surface area (Å²) >= 11 is 1.54. The summed E-state index contributed by atoms with van der Waals surface area (Å²) in [5, 5.41) is 1.12. The molecule has 1 aromatic heterocycles. The summed E-state index contributed by atoms with van der Waals surface area (Å²) in [4.78, 5) is 6.90. The van der Waals surface area contributed by atoms with Gasteiger partial charge in [-0.2, -0.15) is 4.37 Å². The zero-order valence-corrected chi connectivity index (χ0v) is 9.68. The number of aryl methyl sites for hydroxylation is 1. The summed E-state index contributed by atoms with van der Waals surface area (Å²) in [5.41, 5.74) is 0. The maximum absolute atomic E-state index is 4.47. The lowest BCUT2D eigenvalue weighted by molar-refractivity contribution is 0.449. The van der Waals surface area contributed by atoms with Crippen LogP contribution in [0.2, 0.25) is 0 Å². The van der Waals surface area contributed by atoms with E-state index in [2.05, 4.69) is 21.2 Å². The van der Waals surface area contributed by atoms with Crippen molar-refractivity contribution in [3.8, 4) is 0 Å². The molecule has 0 bridgehead atoms. The highest BCUT2D eigenvalue weighted by Gasteiger charge is 2.23. The van der Waals surface area contributed by atoms with E-state index in [1.807, 2.05) is 6.92 Å². The molecule has 14 heavy (non-hydrogen) atoms. The Morgan fingerprint density at radius 1 is 1.50 bits per heavy atom. The molecule has 1 aliphatic rings. The van der Waals surface area contributed by atoms with Gasteiger partial charge in [0.15, 0.2) is 0 Å². The Balaban J connectivity index is 2.14. The van der Waals surface area contributed by atoms with Gasteiger partial charge in [0.1, 0.15) is 5.82 Å². The Labute approximate surface area is 89.3 Å². The summed E-state index contributed by atoms with van der Waals surface area (Å²) in [5.74, 6) is 0.908. The van der Waals surface area contributed by atoms with E-state index >= 15 is 0 Å². The fourth-order valence-corrected chi connectivity index (χ4v) is 2.85. The van der Waals surface area contributed by atoms with E-state index in [0.717, 1.165) is 17.5 Å². The van der Waals surface area contributed by atoms with Crippen LogP contribution in [0.3, 0.4) is 0 Å². The van der Waals surface area contributed by atoms with Crippen LogP contribution in [-0.4, -0.2) is 21.9 Å². The highest BCUT2D eigenvalue weighted by atomic mass is 32.1. The van der Waals surface area contributed by atoms with E-state index in [1.165, 1.54) is 37.2 Å². The van der Waals surface area contributed by atoms with E-state index in [1.54, 1.807) is 0 Å². The van der Waals surface area contributed by atoms with Crippen LogP contribution < -0.4 is 4.90 Å². The Kier molecular flexibility index (Phi) is 3.01. The average molecular weight is 211 g/mol. The van der Waals surface area contributed by atoms with Crippen LogP contribution in [-0.2, 0) is 0 Å². The molecule has 0 radical (unpaired) electrons. The van der Waals surface area contributed by atoms with Crippen molar-refractivity contribution < 1.29 is 0 Å². The molecule has 0 N–H and O–H groups in total. The number of hydrogen-bond acceptors (Lipinski definition) is 4. The van der Waals surface area contributed by atoms with Crippen molar-refractivity contribution in [3.05, 3.63) is 5.82 Å². The van der Waals surface area contributed by atoms with Crippen LogP contribution in [0, 0.1) is 6.92 Å². The second-order valence-corrected chi connectivity index (χ2v) is 4.61. The Hall–Kier alpha value is -0.640. The van der Waals surface area contributed by atoms with Gasteiger partial charge in [0.25, 0.3) is 0 Å². The molecule has 1 aliphatic heterocycles. The van der Waals surface area contributed by atoms with E-state index in [9.17, 15) is 0 Å². The van der Waals surface area contributed by atoms with Gasteiger partial charge in [0.2, 0.25) is 5.13 Å². The number of rotatable bonds is 2. The Bertz CT molecular complexity index is 297. The second-order valence-electron chi connectivity index (χ2n) is 3.88. The summed E-state index contributed by atoms with van der Waals surface area (Å²) in [6.07, 6.45) is 5.20. The van der Waals surface area contributed by atoms with Gasteiger partial charge in [-0.05, 0) is 32.6 Å². The van der Waals surface area contributed by atoms with Crippen molar-refractivity contribution >= 4 is 16.7 Å². The van der Waals surface area contributed by atoms with E-state index < -0.39 is 0 Å². The molecule has 0 aromatic carbocycles. The van der Waals surface area contributed by atoms with Gasteiger partial charge < -0.3 is 4.90 Å². The first-order valence-electron chi connectivity index (χ1n) is 5.38. The van der Waals surface area contributed by atoms with Crippen molar-refractivity contribution in [3.63, 3.8) is 0 Å². The maximum atomic E-state index is 4.47. The van der Waals surface area contributed by atoms with Gasteiger partial charge in [0, 0.05) is 24.1 Å². The van der Waals surface area contributed by atoms with E-state index in [-0.39, 0.29) is 0 Å². The monoisotopic (exact) mass is 211 g/mol. The molecular weight excluding hydrogens is 194 g/mol. The summed E-state index contributed by atoms with van der Waals surface area (Å²) in [6.45, 7) is 5.38. The van der Waals surface area contributed by atoms with Crippen LogP contribution in [0.5, 0.6) is 0 Å². The summed E-state index contributed by atoms with van der Waals surface area (Å²) < 4.78 is 4.25. The molecular formula is C10H17N3S. The average Bonchev–Trinajstić information content (AvgIpc) is 2.65. The number of piperidine rings is 1. The van der Waals surface area contributed by atoms with Gasteiger partial charge in [-0.3, -0.25) is 0 Å². The molecule has 0 saturated carbocycles. The number of anilines is 1. The molecule has 3 nitrogen and oxygen atoms in total. The van der Waals surface area contributed by atoms with Crippen molar-refractivity contribution in [1.82, 2.24) is 9.36 Å². The molecule has 1 saturated heterocycles. The van der Waals surface area contributed by atoms with Crippen molar-refractivity contribution in [1.29, 1.82) is 0 Å². The molecule has 1 fully saturated rings. The van der Waals surface area contributed by atoms with Crippen LogP contribution in [0.4, 0.5) is 5.13 Å². The van der Waals surface area contributed by atoms with Crippen molar-refractivity contribution in [2.24, 2.45) is 0 Å². The molecule has 2 heterocycles. The Morgan fingerprint density at radius 2 is 2.36 bits per heavy atom. The van der Waals surface area contributed by atoms with Crippen LogP contribution in [0.1, 0.15) is 38.4 Å². The number of hydrogen-bond donors (Lipinski definition) is 0. The van der Waals surface area contributed by atoms with Crippen molar-refractivity contribution in [2.45, 2.75) is 45.6 Å². The van der Waals surface area contributed by atoms with Gasteiger partial charge in [0.05, 0.1) is 0 Å². The third-order valence-corrected chi connectivity index (χ3v) is 3.71. The zero-order valence-electron chi connectivity index (χ0n) is 8.86. The first-order valence-corrected chi connectivity index (χ1v) is 6.15. The molecule has 0 spiro atoms.